The number of likely N-dealkylation sites (tertiary alicyclic amines) is 1. The number of methoxy groups -OCH3 is 3. The molecule has 1 aliphatic heterocycles. The van der Waals surface area contributed by atoms with E-state index in [1.54, 1.807) is 48.5 Å². The average Bonchev–Trinajstić information content (AvgIpc) is 3.52. The van der Waals surface area contributed by atoms with Gasteiger partial charge in [-0.05, 0) is 66.9 Å². The molecule has 0 atom stereocenters. The van der Waals surface area contributed by atoms with E-state index in [0.717, 1.165) is 35.8 Å². The summed E-state index contributed by atoms with van der Waals surface area (Å²) in [5.41, 5.74) is 1.60. The minimum Gasteiger partial charge on any atom is -0.497 e. The second-order valence-corrected chi connectivity index (χ2v) is 11.1. The smallest absolute Gasteiger partial charge is 0.264 e. The van der Waals surface area contributed by atoms with Gasteiger partial charge in [0.25, 0.3) is 10.0 Å². The van der Waals surface area contributed by atoms with Crippen LogP contribution in [0, 0.1) is 0 Å². The highest BCUT2D eigenvalue weighted by atomic mass is 32.2. The van der Waals surface area contributed by atoms with Crippen molar-refractivity contribution in [2.75, 3.05) is 50.6 Å². The van der Waals surface area contributed by atoms with E-state index in [1.807, 2.05) is 4.90 Å². The number of carbonyl (C=O) groups is 2. The van der Waals surface area contributed by atoms with Crippen molar-refractivity contribution in [3.05, 3.63) is 72.3 Å². The van der Waals surface area contributed by atoms with Crippen LogP contribution in [-0.2, 0) is 26.0 Å². The van der Waals surface area contributed by atoms with E-state index >= 15 is 0 Å². The normalized spacial score (nSPS) is 13.0. The third-order valence-corrected chi connectivity index (χ3v) is 8.41. The van der Waals surface area contributed by atoms with Crippen LogP contribution < -0.4 is 23.8 Å². The summed E-state index contributed by atoms with van der Waals surface area (Å²) in [6, 6.07) is 17.6. The molecule has 0 radical (unpaired) electrons. The Bertz CT molecular complexity index is 1440. The zero-order valence-corrected chi connectivity index (χ0v) is 23.6. The molecule has 10 nitrogen and oxygen atoms in total. The molecule has 0 bridgehead atoms. The number of nitrogens with one attached hydrogen (secondary N) is 1. The number of hydrogen-bond acceptors (Lipinski definition) is 7. The molecule has 0 saturated carbocycles. The molecule has 0 spiro atoms. The van der Waals surface area contributed by atoms with Crippen LogP contribution in [0.1, 0.15) is 18.4 Å². The van der Waals surface area contributed by atoms with Crippen LogP contribution in [0.4, 0.5) is 11.4 Å². The zero-order valence-electron chi connectivity index (χ0n) is 22.8. The molecule has 0 aliphatic carbocycles. The van der Waals surface area contributed by atoms with Gasteiger partial charge < -0.3 is 24.4 Å². The highest BCUT2D eigenvalue weighted by Gasteiger charge is 2.28. The van der Waals surface area contributed by atoms with E-state index in [4.69, 9.17) is 14.2 Å². The van der Waals surface area contributed by atoms with Gasteiger partial charge in [-0.1, -0.05) is 12.1 Å². The summed E-state index contributed by atoms with van der Waals surface area (Å²) in [6.07, 6.45) is 2.36. The van der Waals surface area contributed by atoms with Gasteiger partial charge in [-0.3, -0.25) is 13.9 Å². The van der Waals surface area contributed by atoms with Gasteiger partial charge >= 0.3 is 0 Å². The largest absolute Gasteiger partial charge is 0.497 e. The van der Waals surface area contributed by atoms with Crippen molar-refractivity contribution in [3.63, 3.8) is 0 Å². The number of anilines is 2. The summed E-state index contributed by atoms with van der Waals surface area (Å²) in [6.45, 7) is 1.10. The van der Waals surface area contributed by atoms with E-state index in [2.05, 4.69) is 5.32 Å². The van der Waals surface area contributed by atoms with Crippen molar-refractivity contribution in [1.29, 1.82) is 0 Å². The molecule has 1 heterocycles. The summed E-state index contributed by atoms with van der Waals surface area (Å²) in [7, 11) is 0.185. The summed E-state index contributed by atoms with van der Waals surface area (Å²) in [4.78, 5) is 27.3. The van der Waals surface area contributed by atoms with Crippen LogP contribution in [0.25, 0.3) is 0 Å². The summed E-state index contributed by atoms with van der Waals surface area (Å²) >= 11 is 0. The lowest BCUT2D eigenvalue weighted by Gasteiger charge is -2.24. The molecule has 0 aromatic heterocycles. The molecule has 3 aromatic rings. The quantitative estimate of drug-likeness (QED) is 0.376. The van der Waals surface area contributed by atoms with Gasteiger partial charge in [0.2, 0.25) is 11.8 Å². The van der Waals surface area contributed by atoms with E-state index < -0.39 is 22.5 Å². The minimum absolute atomic E-state index is 0.0687. The van der Waals surface area contributed by atoms with E-state index in [-0.39, 0.29) is 22.2 Å². The SMILES string of the molecule is COc1ccc(N(CC(=O)Nc2ccc(CC(=O)N3CCCC3)cc2)S(=O)(=O)c2ccc(OC)c(OC)c2)cc1. The van der Waals surface area contributed by atoms with Gasteiger partial charge in [0.15, 0.2) is 11.5 Å². The first kappa shape index (κ1) is 28.8. The Balaban J connectivity index is 1.53. The highest BCUT2D eigenvalue weighted by Crippen LogP contribution is 2.32. The first-order chi connectivity index (χ1) is 19.2. The van der Waals surface area contributed by atoms with E-state index in [1.165, 1.54) is 39.5 Å². The van der Waals surface area contributed by atoms with Crippen LogP contribution in [-0.4, -0.2) is 66.1 Å². The standard InChI is InChI=1S/C29H33N3O7S/c1-37-24-12-10-23(11-13-24)32(40(35,36)25-14-15-26(38-2)27(19-25)39-3)20-28(33)30-22-8-6-21(7-9-22)18-29(34)31-16-4-5-17-31/h6-15,19H,4-5,16-18,20H2,1-3H3,(H,30,33). The minimum atomic E-state index is -4.19. The first-order valence-corrected chi connectivity index (χ1v) is 14.2. The number of amides is 2. The molecule has 2 amide bonds. The number of sulfonamides is 1. The fraction of sp³-hybridized carbons (Fsp3) is 0.310. The third-order valence-electron chi connectivity index (χ3n) is 6.64. The number of benzene rings is 3. The van der Waals surface area contributed by atoms with E-state index in [9.17, 15) is 18.0 Å². The third kappa shape index (κ3) is 6.66. The molecule has 40 heavy (non-hydrogen) atoms. The lowest BCUT2D eigenvalue weighted by molar-refractivity contribution is -0.129. The Morgan fingerprint density at radius 3 is 2.10 bits per heavy atom. The van der Waals surface area contributed by atoms with Gasteiger partial charge in [-0.25, -0.2) is 8.42 Å². The summed E-state index contributed by atoms with van der Waals surface area (Å²) in [5.74, 6) is 0.706. The van der Waals surface area contributed by atoms with Crippen molar-refractivity contribution in [3.8, 4) is 17.2 Å². The first-order valence-electron chi connectivity index (χ1n) is 12.8. The number of carbonyl (C=O) groups excluding carboxylic acids is 2. The van der Waals surface area contributed by atoms with Crippen molar-refractivity contribution in [1.82, 2.24) is 4.90 Å². The van der Waals surface area contributed by atoms with Crippen molar-refractivity contribution < 1.29 is 32.2 Å². The molecule has 1 fully saturated rings. The topological polar surface area (TPSA) is 114 Å². The van der Waals surface area contributed by atoms with Crippen LogP contribution in [0.2, 0.25) is 0 Å². The number of ether oxygens (including phenoxy) is 3. The van der Waals surface area contributed by atoms with Gasteiger partial charge in [-0.2, -0.15) is 0 Å². The van der Waals surface area contributed by atoms with Gasteiger partial charge in [0.05, 0.1) is 38.3 Å². The van der Waals surface area contributed by atoms with Gasteiger partial charge in [-0.15, -0.1) is 0 Å². The molecule has 1 saturated heterocycles. The van der Waals surface area contributed by atoms with Crippen LogP contribution >= 0.6 is 0 Å². The lowest BCUT2D eigenvalue weighted by atomic mass is 10.1. The molecule has 1 N–H and O–H groups in total. The second kappa shape index (κ2) is 12.7. The molecular weight excluding hydrogens is 534 g/mol. The second-order valence-electron chi connectivity index (χ2n) is 9.24. The molecule has 212 valence electrons. The van der Waals surface area contributed by atoms with Gasteiger partial charge in [0.1, 0.15) is 12.3 Å². The Labute approximate surface area is 234 Å². The predicted octanol–water partition coefficient (Wildman–Crippen LogP) is 3.71. The number of hydrogen-bond donors (Lipinski definition) is 1. The fourth-order valence-electron chi connectivity index (χ4n) is 4.46. The maximum absolute atomic E-state index is 13.8. The Hall–Kier alpha value is -4.25. The number of rotatable bonds is 11. The maximum Gasteiger partial charge on any atom is 0.264 e. The molecule has 3 aromatic carbocycles. The predicted molar refractivity (Wildman–Crippen MR) is 152 cm³/mol. The molecule has 11 heteroatoms. The van der Waals surface area contributed by atoms with Crippen molar-refractivity contribution in [2.45, 2.75) is 24.2 Å². The zero-order chi connectivity index (χ0) is 28.7. The summed E-state index contributed by atoms with van der Waals surface area (Å²) < 4.78 is 44.3. The molecule has 4 rings (SSSR count). The van der Waals surface area contributed by atoms with Crippen LogP contribution in [0.3, 0.4) is 0 Å². The Morgan fingerprint density at radius 1 is 0.850 bits per heavy atom. The highest BCUT2D eigenvalue weighted by molar-refractivity contribution is 7.92. The monoisotopic (exact) mass is 567 g/mol. The summed E-state index contributed by atoms with van der Waals surface area (Å²) in [5, 5.41) is 2.75. The average molecular weight is 568 g/mol. The van der Waals surface area contributed by atoms with Crippen molar-refractivity contribution in [2.24, 2.45) is 0 Å². The van der Waals surface area contributed by atoms with Crippen molar-refractivity contribution >= 4 is 33.2 Å². The Kier molecular flexibility index (Phi) is 9.15. The molecular formula is C29H33N3O7S. The number of nitrogens with zero attached hydrogens (tertiary/aromatic N) is 2. The molecule has 1 aliphatic rings. The van der Waals surface area contributed by atoms with E-state index in [0.29, 0.717) is 23.6 Å². The van der Waals surface area contributed by atoms with Crippen LogP contribution in [0.5, 0.6) is 17.2 Å². The molecule has 0 unspecified atom stereocenters. The Morgan fingerprint density at radius 2 is 1.50 bits per heavy atom. The van der Waals surface area contributed by atoms with Crippen LogP contribution in [0.15, 0.2) is 71.6 Å². The maximum atomic E-state index is 13.8. The fourth-order valence-corrected chi connectivity index (χ4v) is 5.89. The lowest BCUT2D eigenvalue weighted by Crippen LogP contribution is -2.38. The van der Waals surface area contributed by atoms with Gasteiger partial charge in [0, 0.05) is 24.8 Å².